The third kappa shape index (κ3) is 7.04. The third-order valence-electron chi connectivity index (χ3n) is 7.52. The number of fused-ring (bicyclic) bond motifs is 1. The molecule has 0 aliphatic carbocycles. The van der Waals surface area contributed by atoms with E-state index >= 15 is 0 Å². The molecule has 5 atom stereocenters. The van der Waals surface area contributed by atoms with Gasteiger partial charge in [0, 0.05) is 12.6 Å². The van der Waals surface area contributed by atoms with Crippen LogP contribution in [0, 0.1) is 12.8 Å². The second kappa shape index (κ2) is 13.0. The Morgan fingerprint density at radius 1 is 1.09 bits per heavy atom. The molecule has 0 spiro atoms. The number of nitrogens with zero attached hydrogens (tertiary/aromatic N) is 1. The third-order valence-corrected chi connectivity index (χ3v) is 7.52. The molecular formula is C27H43N5O3. The monoisotopic (exact) mass is 485 g/mol. The number of carbonyl (C=O) groups excluding carboxylic acids is 3. The van der Waals surface area contributed by atoms with Gasteiger partial charge in [0.25, 0.3) is 0 Å². The van der Waals surface area contributed by atoms with E-state index < -0.39 is 18.1 Å². The number of nitrogens with two attached hydrogens (primary N) is 1. The molecule has 5 N–H and O–H groups in total. The van der Waals surface area contributed by atoms with Crippen molar-refractivity contribution in [2.45, 2.75) is 89.9 Å². The average Bonchev–Trinajstić information content (AvgIpc) is 3.24. The summed E-state index contributed by atoms with van der Waals surface area (Å²) < 4.78 is 0. The number of aryl methyl sites for hydroxylation is 1. The molecule has 2 aliphatic heterocycles. The van der Waals surface area contributed by atoms with Crippen molar-refractivity contribution >= 4 is 17.7 Å². The van der Waals surface area contributed by atoms with Gasteiger partial charge in [-0.15, -0.1) is 0 Å². The summed E-state index contributed by atoms with van der Waals surface area (Å²) in [7, 11) is 0. The maximum absolute atomic E-state index is 13.8. The molecular weight excluding hydrogens is 442 g/mol. The van der Waals surface area contributed by atoms with Crippen LogP contribution in [0.5, 0.6) is 0 Å². The van der Waals surface area contributed by atoms with Crippen LogP contribution in [0.15, 0.2) is 24.3 Å². The first-order valence-electron chi connectivity index (χ1n) is 13.3. The zero-order chi connectivity index (χ0) is 25.4. The van der Waals surface area contributed by atoms with Gasteiger partial charge in [-0.3, -0.25) is 14.4 Å². The van der Waals surface area contributed by atoms with Crippen LogP contribution < -0.4 is 21.7 Å². The summed E-state index contributed by atoms with van der Waals surface area (Å²) in [6.07, 6.45) is 5.21. The fraction of sp³-hybridized carbons (Fsp3) is 0.667. The topological polar surface area (TPSA) is 117 Å². The van der Waals surface area contributed by atoms with Crippen LogP contribution in [-0.2, 0) is 20.8 Å². The number of nitrogens with one attached hydrogen (secondary N) is 3. The summed E-state index contributed by atoms with van der Waals surface area (Å²) in [5, 5.41) is 9.34. The van der Waals surface area contributed by atoms with Crippen LogP contribution >= 0.6 is 0 Å². The Balaban J connectivity index is 1.69. The molecule has 2 saturated heterocycles. The number of hydrogen-bond acceptors (Lipinski definition) is 5. The first kappa shape index (κ1) is 27.1. The van der Waals surface area contributed by atoms with Gasteiger partial charge in [-0.2, -0.15) is 0 Å². The molecule has 2 fully saturated rings. The largest absolute Gasteiger partial charge is 0.354 e. The summed E-state index contributed by atoms with van der Waals surface area (Å²) in [5.74, 6) is -0.516. The first-order valence-corrected chi connectivity index (χ1v) is 13.3. The van der Waals surface area contributed by atoms with Crippen LogP contribution in [0.25, 0.3) is 0 Å². The summed E-state index contributed by atoms with van der Waals surface area (Å²) >= 11 is 0. The molecule has 0 radical (unpaired) electrons. The van der Waals surface area contributed by atoms with Gasteiger partial charge in [0.05, 0.1) is 6.04 Å². The lowest BCUT2D eigenvalue weighted by atomic mass is 9.90. The highest BCUT2D eigenvalue weighted by molar-refractivity contribution is 5.94. The molecule has 8 heteroatoms. The van der Waals surface area contributed by atoms with Gasteiger partial charge in [0.15, 0.2) is 0 Å². The van der Waals surface area contributed by atoms with E-state index in [-0.39, 0.29) is 29.7 Å². The van der Waals surface area contributed by atoms with E-state index in [0.717, 1.165) is 45.2 Å². The molecule has 3 amide bonds. The van der Waals surface area contributed by atoms with Gasteiger partial charge in [0.2, 0.25) is 17.7 Å². The Kier molecular flexibility index (Phi) is 10.1. The summed E-state index contributed by atoms with van der Waals surface area (Å²) in [4.78, 5) is 41.4. The van der Waals surface area contributed by atoms with E-state index in [1.54, 1.807) is 4.90 Å². The van der Waals surface area contributed by atoms with Gasteiger partial charge in [0.1, 0.15) is 12.1 Å². The average molecular weight is 486 g/mol. The van der Waals surface area contributed by atoms with E-state index in [2.05, 4.69) is 54.1 Å². The highest BCUT2D eigenvalue weighted by atomic mass is 16.2. The normalized spacial score (nSPS) is 25.0. The molecule has 3 unspecified atom stereocenters. The molecule has 0 saturated carbocycles. The Hall–Kier alpha value is -2.45. The van der Waals surface area contributed by atoms with Crippen molar-refractivity contribution in [3.8, 4) is 0 Å². The summed E-state index contributed by atoms with van der Waals surface area (Å²) in [6.45, 7) is 8.14. The minimum atomic E-state index is -0.648. The molecule has 2 aliphatic rings. The molecule has 3 rings (SSSR count). The molecule has 1 aromatic carbocycles. The lowest BCUT2D eigenvalue weighted by molar-refractivity contribution is -0.143. The Morgan fingerprint density at radius 2 is 1.80 bits per heavy atom. The second-order valence-electron chi connectivity index (χ2n) is 10.00. The lowest BCUT2D eigenvalue weighted by Crippen LogP contribution is -2.58. The van der Waals surface area contributed by atoms with Crippen molar-refractivity contribution in [1.29, 1.82) is 0 Å². The maximum atomic E-state index is 13.8. The number of carbonyl (C=O) groups is 3. The highest BCUT2D eigenvalue weighted by Gasteiger charge is 2.47. The fourth-order valence-corrected chi connectivity index (χ4v) is 5.30. The second-order valence-corrected chi connectivity index (χ2v) is 10.00. The molecule has 0 aromatic heterocycles. The van der Waals surface area contributed by atoms with Crippen molar-refractivity contribution in [3.63, 3.8) is 0 Å². The molecule has 35 heavy (non-hydrogen) atoms. The Labute approximate surface area is 209 Å². The number of hydrogen-bond donors (Lipinski definition) is 4. The fourth-order valence-electron chi connectivity index (χ4n) is 5.30. The summed E-state index contributed by atoms with van der Waals surface area (Å²) in [5.41, 5.74) is 8.34. The number of rotatable bonds is 11. The number of amides is 3. The maximum Gasteiger partial charge on any atom is 0.246 e. The molecule has 0 bridgehead atoms. The molecule has 194 valence electrons. The minimum Gasteiger partial charge on any atom is -0.354 e. The van der Waals surface area contributed by atoms with E-state index in [1.165, 1.54) is 11.1 Å². The van der Waals surface area contributed by atoms with Crippen LogP contribution in [0.4, 0.5) is 0 Å². The molecule has 1 aromatic rings. The van der Waals surface area contributed by atoms with E-state index in [9.17, 15) is 14.4 Å². The number of benzene rings is 1. The Morgan fingerprint density at radius 3 is 2.49 bits per heavy atom. The molecule has 2 heterocycles. The van der Waals surface area contributed by atoms with Gasteiger partial charge < -0.3 is 26.6 Å². The van der Waals surface area contributed by atoms with E-state index in [0.29, 0.717) is 19.4 Å². The van der Waals surface area contributed by atoms with Crippen molar-refractivity contribution < 1.29 is 14.4 Å². The van der Waals surface area contributed by atoms with Crippen molar-refractivity contribution in [2.75, 3.05) is 19.6 Å². The predicted octanol–water partition coefficient (Wildman–Crippen LogP) is 1.65. The van der Waals surface area contributed by atoms with Gasteiger partial charge in [-0.25, -0.2) is 0 Å². The zero-order valence-corrected chi connectivity index (χ0v) is 21.5. The van der Waals surface area contributed by atoms with Gasteiger partial charge in [-0.05, 0) is 76.4 Å². The van der Waals surface area contributed by atoms with Gasteiger partial charge in [-0.1, -0.05) is 43.7 Å². The quantitative estimate of drug-likeness (QED) is 0.356. The smallest absolute Gasteiger partial charge is 0.246 e. The van der Waals surface area contributed by atoms with E-state index in [1.807, 2.05) is 6.92 Å². The Bertz CT molecular complexity index is 859. The van der Waals surface area contributed by atoms with Crippen LogP contribution in [0.3, 0.4) is 0 Å². The first-order chi connectivity index (χ1) is 16.8. The van der Waals surface area contributed by atoms with Crippen LogP contribution in [-0.4, -0.2) is 66.4 Å². The van der Waals surface area contributed by atoms with Crippen LogP contribution in [0.2, 0.25) is 0 Å². The van der Waals surface area contributed by atoms with E-state index in [4.69, 9.17) is 5.73 Å². The standard InChI is InChI=1S/C27H43N5O3/c1-4-22(28)25(33)31-24-20(15-16-29-5-2)10-11-21-12-13-23(32(21)27(24)35)26(34)30-17-14-19-8-6-18(3)7-9-19/h6-9,20-24,29H,4-5,10-17,28H2,1-3H3,(H,30,34)(H,31,33)/t20?,21?,22-,23-,24?/m0/s1. The predicted molar refractivity (Wildman–Crippen MR) is 138 cm³/mol. The zero-order valence-electron chi connectivity index (χ0n) is 21.5. The minimum absolute atomic E-state index is 0.0189. The highest BCUT2D eigenvalue weighted by Crippen LogP contribution is 2.35. The van der Waals surface area contributed by atoms with Crippen molar-refractivity contribution in [3.05, 3.63) is 35.4 Å². The van der Waals surface area contributed by atoms with Gasteiger partial charge >= 0.3 is 0 Å². The van der Waals surface area contributed by atoms with Crippen molar-refractivity contribution in [2.24, 2.45) is 11.7 Å². The SMILES string of the molecule is CCNCCC1CCC2CC[C@@H](C(=O)NCCc3ccc(C)cc3)N2C(=O)C1NC(=O)[C@@H](N)CC. The molecule has 8 nitrogen and oxygen atoms in total. The summed E-state index contributed by atoms with van der Waals surface area (Å²) in [6, 6.07) is 6.55. The van der Waals surface area contributed by atoms with Crippen molar-refractivity contribution in [1.82, 2.24) is 20.9 Å². The van der Waals surface area contributed by atoms with Crippen LogP contribution in [0.1, 0.15) is 63.5 Å². The lowest BCUT2D eigenvalue weighted by Gasteiger charge is -2.32.